The maximum atomic E-state index is 5.39. The van der Waals surface area contributed by atoms with Gasteiger partial charge < -0.3 is 22.4 Å². The Balaban J connectivity index is 4.40. The van der Waals surface area contributed by atoms with Crippen molar-refractivity contribution in [2.45, 2.75) is 13.8 Å². The summed E-state index contributed by atoms with van der Waals surface area (Å²) in [5.41, 5.74) is 0. The molecule has 6 heteroatoms. The highest BCUT2D eigenvalue weighted by Crippen LogP contribution is 2.14. The normalized spacial score (nSPS) is 12.8. The van der Waals surface area contributed by atoms with E-state index in [9.17, 15) is 0 Å². The minimum absolute atomic E-state index is 0.352. The Morgan fingerprint density at radius 3 is 1.93 bits per heavy atom. The number of hydrogen-bond donors (Lipinski definition) is 0. The largest absolute Gasteiger partial charge is 0.750 e. The van der Waals surface area contributed by atoms with Gasteiger partial charge in [-0.25, -0.2) is 0 Å². The van der Waals surface area contributed by atoms with Crippen molar-refractivity contribution in [2.24, 2.45) is 0 Å². The zero-order valence-corrected chi connectivity index (χ0v) is 10.3. The summed E-state index contributed by atoms with van der Waals surface area (Å²) in [5, 5.41) is 0. The van der Waals surface area contributed by atoms with Crippen LogP contribution in [-0.4, -0.2) is 37.0 Å². The lowest BCUT2D eigenvalue weighted by atomic mass is 10.7. The van der Waals surface area contributed by atoms with E-state index in [-0.39, 0.29) is 0 Å². The number of hydrogen-bond acceptors (Lipinski definition) is 5. The second-order valence-corrected chi connectivity index (χ2v) is 4.68. The average molecular weight is 222 g/mol. The van der Waals surface area contributed by atoms with Crippen molar-refractivity contribution in [1.82, 2.24) is 0 Å². The molecular formula is C8H18O5Si. The van der Waals surface area contributed by atoms with E-state index in [1.165, 1.54) is 21.3 Å². The van der Waals surface area contributed by atoms with E-state index in [4.69, 9.17) is 22.4 Å². The second-order valence-electron chi connectivity index (χ2n) is 2.26. The predicted molar refractivity (Wildman–Crippen MR) is 53.2 cm³/mol. The van der Waals surface area contributed by atoms with Crippen LogP contribution in [0.5, 0.6) is 0 Å². The minimum Gasteiger partial charge on any atom is -0.467 e. The molecule has 0 saturated carbocycles. The van der Waals surface area contributed by atoms with E-state index in [2.05, 4.69) is 0 Å². The molecule has 0 bridgehead atoms. The van der Waals surface area contributed by atoms with Gasteiger partial charge in [-0.1, -0.05) is 0 Å². The maximum Gasteiger partial charge on any atom is 0.750 e. The fraction of sp³-hybridized carbons (Fsp3) is 0.750. The maximum absolute atomic E-state index is 5.39. The molecule has 0 aromatic heterocycles. The smallest absolute Gasteiger partial charge is 0.467 e. The van der Waals surface area contributed by atoms with Gasteiger partial charge in [-0.2, -0.15) is 0 Å². The topological polar surface area (TPSA) is 46.2 Å². The molecule has 0 atom stereocenters. The molecule has 0 spiro atoms. The van der Waals surface area contributed by atoms with Crippen molar-refractivity contribution in [3.05, 3.63) is 12.0 Å². The quantitative estimate of drug-likeness (QED) is 0.479. The lowest BCUT2D eigenvalue weighted by molar-refractivity contribution is -0.0163. The van der Waals surface area contributed by atoms with Crippen molar-refractivity contribution in [3.8, 4) is 0 Å². The van der Waals surface area contributed by atoms with Gasteiger partial charge in [0.1, 0.15) is 0 Å². The van der Waals surface area contributed by atoms with Gasteiger partial charge in [0, 0.05) is 21.3 Å². The molecule has 0 N–H and O–H groups in total. The lowest BCUT2D eigenvalue weighted by Gasteiger charge is -2.24. The average Bonchev–Trinajstić information content (AvgIpc) is 2.25. The van der Waals surface area contributed by atoms with Gasteiger partial charge in [-0.15, -0.1) is 0 Å². The number of rotatable bonds is 7. The molecule has 14 heavy (non-hydrogen) atoms. The summed E-state index contributed by atoms with van der Waals surface area (Å²) in [5.74, 6) is 0.352. The van der Waals surface area contributed by atoms with Crippen molar-refractivity contribution in [1.29, 1.82) is 0 Å². The third-order valence-corrected chi connectivity index (χ3v) is 3.45. The Morgan fingerprint density at radius 1 is 1.14 bits per heavy atom. The Labute approximate surface area is 86.0 Å². The molecule has 0 amide bonds. The van der Waals surface area contributed by atoms with E-state index >= 15 is 0 Å². The van der Waals surface area contributed by atoms with Gasteiger partial charge in [-0.05, 0) is 19.9 Å². The third kappa shape index (κ3) is 3.67. The highest BCUT2D eigenvalue weighted by Gasteiger charge is 2.46. The Bertz CT molecular complexity index is 170. The van der Waals surface area contributed by atoms with Crippen molar-refractivity contribution >= 4 is 9.05 Å². The Morgan fingerprint density at radius 2 is 1.64 bits per heavy atom. The first-order valence-electron chi connectivity index (χ1n) is 4.31. The molecule has 0 fully saturated rings. The first-order valence-corrected chi connectivity index (χ1v) is 5.94. The summed E-state index contributed by atoms with van der Waals surface area (Å²) in [6.45, 7) is 4.18. The van der Waals surface area contributed by atoms with Gasteiger partial charge in [-0.3, -0.25) is 0 Å². The SMILES string of the molecule is C/C=C(/OCC)O[Si](OC)(OC)OC. The summed E-state index contributed by atoms with van der Waals surface area (Å²) in [6, 6.07) is 0. The highest BCUT2D eigenvalue weighted by molar-refractivity contribution is 6.53. The molecule has 0 aliphatic rings. The molecule has 0 radical (unpaired) electrons. The molecule has 0 saturated heterocycles. The summed E-state index contributed by atoms with van der Waals surface area (Å²) < 4.78 is 25.8. The Hall–Kier alpha value is -0.563. The molecule has 84 valence electrons. The van der Waals surface area contributed by atoms with Crippen LogP contribution in [-0.2, 0) is 22.4 Å². The monoisotopic (exact) mass is 222 g/mol. The predicted octanol–water partition coefficient (Wildman–Crippen LogP) is 1.28. The molecule has 0 aromatic rings. The minimum atomic E-state index is -3.03. The van der Waals surface area contributed by atoms with Crippen LogP contribution in [0.15, 0.2) is 12.0 Å². The van der Waals surface area contributed by atoms with E-state index in [0.29, 0.717) is 12.6 Å². The van der Waals surface area contributed by atoms with E-state index in [1.807, 2.05) is 6.92 Å². The third-order valence-electron chi connectivity index (χ3n) is 1.50. The van der Waals surface area contributed by atoms with Gasteiger partial charge in [0.05, 0.1) is 6.61 Å². The summed E-state index contributed by atoms with van der Waals surface area (Å²) in [6.07, 6.45) is 1.68. The van der Waals surface area contributed by atoms with Crippen LogP contribution in [0.4, 0.5) is 0 Å². The van der Waals surface area contributed by atoms with Gasteiger partial charge in [0.15, 0.2) is 0 Å². The second kappa shape index (κ2) is 6.83. The first kappa shape index (κ1) is 13.4. The van der Waals surface area contributed by atoms with Crippen LogP contribution in [0.25, 0.3) is 0 Å². The van der Waals surface area contributed by atoms with Crippen molar-refractivity contribution in [2.75, 3.05) is 27.9 Å². The number of allylic oxidation sites excluding steroid dienone is 1. The van der Waals surface area contributed by atoms with E-state index in [1.54, 1.807) is 13.0 Å². The van der Waals surface area contributed by atoms with Crippen LogP contribution in [0, 0.1) is 0 Å². The van der Waals surface area contributed by atoms with Crippen LogP contribution in [0.3, 0.4) is 0 Å². The van der Waals surface area contributed by atoms with Gasteiger partial charge >= 0.3 is 9.05 Å². The lowest BCUT2D eigenvalue weighted by Crippen LogP contribution is -2.46. The van der Waals surface area contributed by atoms with Gasteiger partial charge in [0.2, 0.25) is 0 Å². The molecule has 0 aliphatic carbocycles. The zero-order valence-electron chi connectivity index (χ0n) is 9.33. The molecule has 5 nitrogen and oxygen atoms in total. The molecular weight excluding hydrogens is 204 g/mol. The molecule has 0 heterocycles. The van der Waals surface area contributed by atoms with Crippen LogP contribution in [0.1, 0.15) is 13.8 Å². The van der Waals surface area contributed by atoms with Crippen LogP contribution >= 0.6 is 0 Å². The Kier molecular flexibility index (Phi) is 6.55. The highest BCUT2D eigenvalue weighted by atomic mass is 28.4. The number of ether oxygens (including phenoxy) is 1. The van der Waals surface area contributed by atoms with E-state index in [0.717, 1.165) is 0 Å². The summed E-state index contributed by atoms with van der Waals surface area (Å²) in [4.78, 5) is 0. The van der Waals surface area contributed by atoms with Crippen molar-refractivity contribution in [3.63, 3.8) is 0 Å². The van der Waals surface area contributed by atoms with Crippen molar-refractivity contribution < 1.29 is 22.4 Å². The van der Waals surface area contributed by atoms with Crippen LogP contribution in [0.2, 0.25) is 0 Å². The standard InChI is InChI=1S/C8H18O5Si/c1-6-8(12-7-2)13-14(9-3,10-4)11-5/h6H,7H2,1-5H3/b8-6-. The van der Waals surface area contributed by atoms with E-state index < -0.39 is 9.05 Å². The zero-order chi connectivity index (χ0) is 11.0. The molecule has 0 aliphatic heterocycles. The summed E-state index contributed by atoms with van der Waals surface area (Å²) >= 11 is 0. The first-order chi connectivity index (χ1) is 6.67. The molecule has 0 unspecified atom stereocenters. The fourth-order valence-corrected chi connectivity index (χ4v) is 1.99. The summed E-state index contributed by atoms with van der Waals surface area (Å²) in [7, 11) is 1.38. The molecule has 0 rings (SSSR count). The molecule has 0 aromatic carbocycles. The van der Waals surface area contributed by atoms with Gasteiger partial charge in [0.25, 0.3) is 5.95 Å². The van der Waals surface area contributed by atoms with Crippen LogP contribution < -0.4 is 0 Å². The fourth-order valence-electron chi connectivity index (χ4n) is 0.812.